The van der Waals surface area contributed by atoms with Gasteiger partial charge in [-0.3, -0.25) is 0 Å². The second-order valence-electron chi connectivity index (χ2n) is 6.44. The van der Waals surface area contributed by atoms with Crippen LogP contribution in [-0.2, 0) is 13.0 Å². The number of rotatable bonds is 7. The molecule has 0 spiro atoms. The molecule has 0 aromatic carbocycles. The highest BCUT2D eigenvalue weighted by atomic mass is 15.1. The van der Waals surface area contributed by atoms with E-state index in [1.54, 1.807) is 0 Å². The van der Waals surface area contributed by atoms with E-state index >= 15 is 0 Å². The van der Waals surface area contributed by atoms with Crippen LogP contribution in [0.4, 0.5) is 0 Å². The van der Waals surface area contributed by atoms with Crippen molar-refractivity contribution in [1.29, 1.82) is 0 Å². The zero-order chi connectivity index (χ0) is 14.4. The minimum absolute atomic E-state index is 0.598. The zero-order valence-electron chi connectivity index (χ0n) is 13.4. The molecule has 1 N–H and O–H groups in total. The first-order chi connectivity index (χ1) is 9.74. The minimum atomic E-state index is 0.598. The maximum Gasteiger partial charge on any atom is 0.110 e. The first kappa shape index (κ1) is 15.6. The van der Waals surface area contributed by atoms with Gasteiger partial charge < -0.3 is 9.88 Å². The summed E-state index contributed by atoms with van der Waals surface area (Å²) in [4.78, 5) is 4.59. The maximum atomic E-state index is 4.59. The predicted molar refractivity (Wildman–Crippen MR) is 84.8 cm³/mol. The van der Waals surface area contributed by atoms with Crippen molar-refractivity contribution in [3.63, 3.8) is 0 Å². The molecule has 0 radical (unpaired) electrons. The SMILES string of the molecule is CCCn1ccnc1CC(NCC)C1CCCC(C)C1. The molecule has 0 bridgehead atoms. The van der Waals surface area contributed by atoms with Crippen molar-refractivity contribution >= 4 is 0 Å². The molecule has 1 aliphatic rings. The highest BCUT2D eigenvalue weighted by Gasteiger charge is 2.27. The third-order valence-electron chi connectivity index (χ3n) is 4.68. The molecule has 1 heterocycles. The van der Waals surface area contributed by atoms with E-state index in [0.717, 1.165) is 31.3 Å². The van der Waals surface area contributed by atoms with Crippen molar-refractivity contribution in [1.82, 2.24) is 14.9 Å². The molecule has 1 fully saturated rings. The lowest BCUT2D eigenvalue weighted by Crippen LogP contribution is -2.40. The Morgan fingerprint density at radius 1 is 1.40 bits per heavy atom. The Morgan fingerprint density at radius 2 is 2.25 bits per heavy atom. The van der Waals surface area contributed by atoms with Crippen LogP contribution < -0.4 is 5.32 Å². The summed E-state index contributed by atoms with van der Waals surface area (Å²) < 4.78 is 2.33. The van der Waals surface area contributed by atoms with E-state index in [1.807, 2.05) is 6.20 Å². The minimum Gasteiger partial charge on any atom is -0.335 e. The first-order valence-electron chi connectivity index (χ1n) is 8.48. The largest absolute Gasteiger partial charge is 0.335 e. The van der Waals surface area contributed by atoms with Gasteiger partial charge in [-0.05, 0) is 37.6 Å². The van der Waals surface area contributed by atoms with E-state index in [-0.39, 0.29) is 0 Å². The van der Waals surface area contributed by atoms with E-state index in [2.05, 4.69) is 41.8 Å². The van der Waals surface area contributed by atoms with E-state index in [1.165, 1.54) is 37.9 Å². The molecule has 1 aromatic rings. The highest BCUT2D eigenvalue weighted by Crippen LogP contribution is 2.31. The Balaban J connectivity index is 2.02. The average Bonchev–Trinajstić information content (AvgIpc) is 2.86. The van der Waals surface area contributed by atoms with Crippen LogP contribution in [0, 0.1) is 11.8 Å². The van der Waals surface area contributed by atoms with Crippen molar-refractivity contribution in [3.05, 3.63) is 18.2 Å². The van der Waals surface area contributed by atoms with E-state index in [4.69, 9.17) is 0 Å². The van der Waals surface area contributed by atoms with Crippen molar-refractivity contribution in [2.45, 2.75) is 71.9 Å². The number of likely N-dealkylation sites (N-methyl/N-ethyl adjacent to an activating group) is 1. The standard InChI is InChI=1S/C17H31N3/c1-4-10-20-11-9-19-17(20)13-16(18-5-2)15-8-6-7-14(3)12-15/h9,11,14-16,18H,4-8,10,12-13H2,1-3H3. The number of hydrogen-bond donors (Lipinski definition) is 1. The van der Waals surface area contributed by atoms with Gasteiger partial charge in [0.15, 0.2) is 0 Å². The third-order valence-corrected chi connectivity index (χ3v) is 4.68. The molecule has 2 rings (SSSR count). The van der Waals surface area contributed by atoms with Crippen molar-refractivity contribution in [2.24, 2.45) is 11.8 Å². The van der Waals surface area contributed by atoms with Crippen LogP contribution in [0.3, 0.4) is 0 Å². The van der Waals surface area contributed by atoms with Crippen LogP contribution in [0.1, 0.15) is 58.7 Å². The summed E-state index contributed by atoms with van der Waals surface area (Å²) in [6.07, 6.45) is 11.9. The molecule has 3 heteroatoms. The number of nitrogens with one attached hydrogen (secondary N) is 1. The van der Waals surface area contributed by atoms with E-state index in [9.17, 15) is 0 Å². The van der Waals surface area contributed by atoms with Crippen LogP contribution in [-0.4, -0.2) is 22.1 Å². The molecule has 1 aliphatic carbocycles. The zero-order valence-corrected chi connectivity index (χ0v) is 13.4. The Labute approximate surface area is 124 Å². The fourth-order valence-corrected chi connectivity index (χ4v) is 3.69. The molecule has 0 saturated heterocycles. The Kier molecular flexibility index (Phi) is 6.08. The van der Waals surface area contributed by atoms with Crippen LogP contribution in [0.2, 0.25) is 0 Å². The van der Waals surface area contributed by atoms with E-state index < -0.39 is 0 Å². The smallest absolute Gasteiger partial charge is 0.110 e. The van der Waals surface area contributed by atoms with Gasteiger partial charge >= 0.3 is 0 Å². The summed E-state index contributed by atoms with van der Waals surface area (Å²) >= 11 is 0. The monoisotopic (exact) mass is 277 g/mol. The lowest BCUT2D eigenvalue weighted by Gasteiger charge is -2.33. The van der Waals surface area contributed by atoms with Gasteiger partial charge in [-0.15, -0.1) is 0 Å². The molecule has 20 heavy (non-hydrogen) atoms. The topological polar surface area (TPSA) is 29.9 Å². The summed E-state index contributed by atoms with van der Waals surface area (Å²) in [5.41, 5.74) is 0. The fourth-order valence-electron chi connectivity index (χ4n) is 3.69. The van der Waals surface area contributed by atoms with E-state index in [0.29, 0.717) is 6.04 Å². The van der Waals surface area contributed by atoms with Crippen LogP contribution in [0.15, 0.2) is 12.4 Å². The molecular weight excluding hydrogens is 246 g/mol. The molecule has 3 nitrogen and oxygen atoms in total. The van der Waals surface area contributed by atoms with Crippen molar-refractivity contribution in [2.75, 3.05) is 6.54 Å². The molecule has 3 atom stereocenters. The Hall–Kier alpha value is -0.830. The van der Waals surface area contributed by atoms with Gasteiger partial charge in [-0.25, -0.2) is 4.98 Å². The second-order valence-corrected chi connectivity index (χ2v) is 6.44. The van der Waals surface area contributed by atoms with Gasteiger partial charge in [-0.1, -0.05) is 33.6 Å². The average molecular weight is 277 g/mol. The van der Waals surface area contributed by atoms with Gasteiger partial charge in [0.25, 0.3) is 0 Å². The molecule has 1 saturated carbocycles. The number of aromatic nitrogens is 2. The maximum absolute atomic E-state index is 4.59. The fraction of sp³-hybridized carbons (Fsp3) is 0.824. The quantitative estimate of drug-likeness (QED) is 0.824. The van der Waals surface area contributed by atoms with Gasteiger partial charge in [0.2, 0.25) is 0 Å². The van der Waals surface area contributed by atoms with Crippen LogP contribution in [0.5, 0.6) is 0 Å². The molecule has 1 aromatic heterocycles. The second kappa shape index (κ2) is 7.82. The highest BCUT2D eigenvalue weighted by molar-refractivity contribution is 4.97. The van der Waals surface area contributed by atoms with Crippen LogP contribution >= 0.6 is 0 Å². The number of imidazole rings is 1. The normalized spacial score (nSPS) is 24.8. The predicted octanol–water partition coefficient (Wildman–Crippen LogP) is 3.64. The molecular formula is C17H31N3. The van der Waals surface area contributed by atoms with Crippen molar-refractivity contribution < 1.29 is 0 Å². The molecule has 3 unspecified atom stereocenters. The van der Waals surface area contributed by atoms with Gasteiger partial charge in [0.05, 0.1) is 0 Å². The summed E-state index contributed by atoms with van der Waals surface area (Å²) in [6.45, 7) is 9.01. The summed E-state index contributed by atoms with van der Waals surface area (Å²) in [5, 5.41) is 3.73. The lowest BCUT2D eigenvalue weighted by molar-refractivity contribution is 0.220. The van der Waals surface area contributed by atoms with Crippen LogP contribution in [0.25, 0.3) is 0 Å². The summed E-state index contributed by atoms with van der Waals surface area (Å²) in [6, 6.07) is 0.598. The number of hydrogen-bond acceptors (Lipinski definition) is 2. The third kappa shape index (κ3) is 4.08. The molecule has 0 amide bonds. The number of aryl methyl sites for hydroxylation is 1. The van der Waals surface area contributed by atoms with Gasteiger partial charge in [0, 0.05) is 31.4 Å². The summed E-state index contributed by atoms with van der Waals surface area (Å²) in [5.74, 6) is 2.98. The van der Waals surface area contributed by atoms with Crippen molar-refractivity contribution in [3.8, 4) is 0 Å². The Bertz CT molecular complexity index is 385. The van der Waals surface area contributed by atoms with Gasteiger partial charge in [0.1, 0.15) is 5.82 Å². The summed E-state index contributed by atoms with van der Waals surface area (Å²) in [7, 11) is 0. The first-order valence-corrected chi connectivity index (χ1v) is 8.48. The molecule has 114 valence electrons. The number of nitrogens with zero attached hydrogens (tertiary/aromatic N) is 2. The Morgan fingerprint density at radius 3 is 2.95 bits per heavy atom. The van der Waals surface area contributed by atoms with Gasteiger partial charge in [-0.2, -0.15) is 0 Å². The molecule has 0 aliphatic heterocycles. The lowest BCUT2D eigenvalue weighted by atomic mass is 9.77.